The predicted octanol–water partition coefficient (Wildman–Crippen LogP) is 1.36. The highest BCUT2D eigenvalue weighted by Gasteiger charge is 2.23. The van der Waals surface area contributed by atoms with Crippen molar-refractivity contribution < 1.29 is 14.3 Å². The molecule has 4 heteroatoms. The number of piperidine rings is 1. The lowest BCUT2D eigenvalue weighted by molar-refractivity contribution is -0.138. The van der Waals surface area contributed by atoms with Gasteiger partial charge in [-0.3, -0.25) is 4.79 Å². The van der Waals surface area contributed by atoms with E-state index in [-0.39, 0.29) is 17.8 Å². The Labute approximate surface area is 96.3 Å². The van der Waals surface area contributed by atoms with Crippen molar-refractivity contribution in [3.63, 3.8) is 0 Å². The van der Waals surface area contributed by atoms with Gasteiger partial charge in [0.1, 0.15) is 0 Å². The lowest BCUT2D eigenvalue weighted by atomic mass is 9.99. The third-order valence-electron chi connectivity index (χ3n) is 2.66. The Morgan fingerprint density at radius 3 is 3.06 bits per heavy atom. The highest BCUT2D eigenvalue weighted by Crippen LogP contribution is 2.16. The third-order valence-corrected chi connectivity index (χ3v) is 2.66. The van der Waals surface area contributed by atoms with Crippen LogP contribution in [0, 0.1) is 5.92 Å². The van der Waals surface area contributed by atoms with Gasteiger partial charge in [-0.2, -0.15) is 0 Å². The molecule has 0 radical (unpaired) electrons. The zero-order valence-corrected chi connectivity index (χ0v) is 9.94. The molecule has 1 rings (SSSR count). The topological polar surface area (TPSA) is 46.6 Å². The zero-order valence-electron chi connectivity index (χ0n) is 9.94. The summed E-state index contributed by atoms with van der Waals surface area (Å²) in [5, 5.41) is 0. The van der Waals surface area contributed by atoms with Gasteiger partial charge in [0, 0.05) is 25.1 Å². The van der Waals surface area contributed by atoms with Gasteiger partial charge in [0.25, 0.3) is 0 Å². The monoisotopic (exact) mass is 225 g/mol. The molecular formula is C12H19NO3. The van der Waals surface area contributed by atoms with Crippen molar-refractivity contribution in [2.75, 3.05) is 19.7 Å². The van der Waals surface area contributed by atoms with Crippen molar-refractivity contribution >= 4 is 11.9 Å². The number of carbonyl (C=O) groups is 2. The Hall–Kier alpha value is -1.32. The lowest BCUT2D eigenvalue weighted by Gasteiger charge is -2.29. The Bertz CT molecular complexity index is 286. The number of rotatable bonds is 4. The van der Waals surface area contributed by atoms with Gasteiger partial charge in [-0.05, 0) is 19.8 Å². The van der Waals surface area contributed by atoms with Gasteiger partial charge >= 0.3 is 5.97 Å². The van der Waals surface area contributed by atoms with Gasteiger partial charge in [0.15, 0.2) is 0 Å². The van der Waals surface area contributed by atoms with Gasteiger partial charge in [0.05, 0.1) is 6.61 Å². The molecule has 1 aliphatic rings. The lowest BCUT2D eigenvalue weighted by Crippen LogP contribution is -2.40. The SMILES string of the molecule is CCOC(=O)/C=C/CN1CCCC(C)C1=O. The van der Waals surface area contributed by atoms with Crippen LogP contribution < -0.4 is 0 Å². The van der Waals surface area contributed by atoms with Crippen molar-refractivity contribution in [3.05, 3.63) is 12.2 Å². The predicted molar refractivity (Wildman–Crippen MR) is 60.8 cm³/mol. The van der Waals surface area contributed by atoms with E-state index in [9.17, 15) is 9.59 Å². The molecule has 0 saturated carbocycles. The van der Waals surface area contributed by atoms with Crippen molar-refractivity contribution in [2.24, 2.45) is 5.92 Å². The number of ether oxygens (including phenoxy) is 1. The Morgan fingerprint density at radius 2 is 2.38 bits per heavy atom. The number of hydrogen-bond donors (Lipinski definition) is 0. The van der Waals surface area contributed by atoms with Crippen LogP contribution in [0.1, 0.15) is 26.7 Å². The quantitative estimate of drug-likeness (QED) is 0.536. The minimum absolute atomic E-state index is 0.116. The Balaban J connectivity index is 2.36. The van der Waals surface area contributed by atoms with Gasteiger partial charge < -0.3 is 9.64 Å². The van der Waals surface area contributed by atoms with E-state index < -0.39 is 0 Å². The van der Waals surface area contributed by atoms with Crippen LogP contribution in [0.4, 0.5) is 0 Å². The summed E-state index contributed by atoms with van der Waals surface area (Å²) in [4.78, 5) is 24.5. The Kier molecular flexibility index (Phi) is 5.02. The normalized spacial score (nSPS) is 21.5. The van der Waals surface area contributed by atoms with Gasteiger partial charge in [-0.15, -0.1) is 0 Å². The average molecular weight is 225 g/mol. The maximum absolute atomic E-state index is 11.7. The van der Waals surface area contributed by atoms with E-state index in [1.54, 1.807) is 17.9 Å². The van der Waals surface area contributed by atoms with E-state index >= 15 is 0 Å². The fourth-order valence-corrected chi connectivity index (χ4v) is 1.78. The second-order valence-electron chi connectivity index (χ2n) is 3.98. The number of carbonyl (C=O) groups excluding carboxylic acids is 2. The van der Waals surface area contributed by atoms with Crippen molar-refractivity contribution in [1.29, 1.82) is 0 Å². The molecule has 0 aromatic heterocycles. The van der Waals surface area contributed by atoms with Crippen molar-refractivity contribution in [3.8, 4) is 0 Å². The van der Waals surface area contributed by atoms with Crippen LogP contribution in [0.3, 0.4) is 0 Å². The van der Waals surface area contributed by atoms with Crippen LogP contribution in [0.5, 0.6) is 0 Å². The van der Waals surface area contributed by atoms with Crippen LogP contribution in [0.2, 0.25) is 0 Å². The second kappa shape index (κ2) is 6.30. The van der Waals surface area contributed by atoms with Crippen LogP contribution in [0.15, 0.2) is 12.2 Å². The van der Waals surface area contributed by atoms with E-state index in [0.29, 0.717) is 13.2 Å². The summed E-state index contributed by atoms with van der Waals surface area (Å²) in [5.41, 5.74) is 0. The molecule has 0 N–H and O–H groups in total. The van der Waals surface area contributed by atoms with Gasteiger partial charge in [-0.25, -0.2) is 4.79 Å². The molecule has 1 amide bonds. The summed E-state index contributed by atoms with van der Waals surface area (Å²) in [5.74, 6) is -0.0514. The van der Waals surface area contributed by atoms with Crippen molar-refractivity contribution in [2.45, 2.75) is 26.7 Å². The van der Waals surface area contributed by atoms with Crippen LogP contribution >= 0.6 is 0 Å². The van der Waals surface area contributed by atoms with E-state index in [0.717, 1.165) is 19.4 Å². The highest BCUT2D eigenvalue weighted by atomic mass is 16.5. The summed E-state index contributed by atoms with van der Waals surface area (Å²) >= 11 is 0. The molecule has 0 aromatic carbocycles. The van der Waals surface area contributed by atoms with E-state index in [4.69, 9.17) is 4.74 Å². The molecule has 90 valence electrons. The van der Waals surface area contributed by atoms with Crippen LogP contribution in [-0.4, -0.2) is 36.5 Å². The second-order valence-corrected chi connectivity index (χ2v) is 3.98. The first-order valence-corrected chi connectivity index (χ1v) is 5.77. The molecule has 16 heavy (non-hydrogen) atoms. The van der Waals surface area contributed by atoms with Gasteiger partial charge in [-0.1, -0.05) is 13.0 Å². The molecule has 1 saturated heterocycles. The Morgan fingerprint density at radius 1 is 1.62 bits per heavy atom. The highest BCUT2D eigenvalue weighted by molar-refractivity contribution is 5.82. The molecule has 0 spiro atoms. The van der Waals surface area contributed by atoms with E-state index in [1.165, 1.54) is 6.08 Å². The molecule has 1 heterocycles. The van der Waals surface area contributed by atoms with Crippen molar-refractivity contribution in [1.82, 2.24) is 4.90 Å². The van der Waals surface area contributed by atoms with Gasteiger partial charge in [0.2, 0.25) is 5.91 Å². The minimum atomic E-state index is -0.347. The standard InChI is InChI=1S/C12H19NO3/c1-3-16-11(14)7-5-9-13-8-4-6-10(2)12(13)15/h5,7,10H,3-4,6,8-9H2,1-2H3/b7-5+. The smallest absolute Gasteiger partial charge is 0.330 e. The number of nitrogens with zero attached hydrogens (tertiary/aromatic N) is 1. The largest absolute Gasteiger partial charge is 0.463 e. The molecule has 1 fully saturated rings. The van der Waals surface area contributed by atoms with Crippen LogP contribution in [-0.2, 0) is 14.3 Å². The summed E-state index contributed by atoms with van der Waals surface area (Å²) in [7, 11) is 0. The number of likely N-dealkylation sites (tertiary alicyclic amines) is 1. The first-order chi connectivity index (χ1) is 7.65. The molecular weight excluding hydrogens is 206 g/mol. The maximum atomic E-state index is 11.7. The number of amides is 1. The molecule has 4 nitrogen and oxygen atoms in total. The average Bonchev–Trinajstić information content (AvgIpc) is 2.25. The molecule has 1 unspecified atom stereocenters. The van der Waals surface area contributed by atoms with Crippen LogP contribution in [0.25, 0.3) is 0 Å². The van der Waals surface area contributed by atoms with E-state index in [1.807, 2.05) is 6.92 Å². The third kappa shape index (κ3) is 3.68. The number of hydrogen-bond acceptors (Lipinski definition) is 3. The first-order valence-electron chi connectivity index (χ1n) is 5.77. The first kappa shape index (κ1) is 12.7. The minimum Gasteiger partial charge on any atom is -0.463 e. The molecule has 0 aromatic rings. The summed E-state index contributed by atoms with van der Waals surface area (Å²) in [6.45, 7) is 5.38. The summed E-state index contributed by atoms with van der Waals surface area (Å²) in [6.07, 6.45) is 5.08. The van der Waals surface area contributed by atoms with E-state index in [2.05, 4.69) is 0 Å². The fraction of sp³-hybridized carbons (Fsp3) is 0.667. The molecule has 1 atom stereocenters. The molecule has 0 bridgehead atoms. The maximum Gasteiger partial charge on any atom is 0.330 e. The molecule has 0 aliphatic carbocycles. The molecule has 1 aliphatic heterocycles. The summed E-state index contributed by atoms with van der Waals surface area (Å²) in [6, 6.07) is 0. The summed E-state index contributed by atoms with van der Waals surface area (Å²) < 4.78 is 4.75. The number of esters is 1. The fourth-order valence-electron chi connectivity index (χ4n) is 1.78. The zero-order chi connectivity index (χ0) is 12.0.